The lowest BCUT2D eigenvalue weighted by Crippen LogP contribution is -2.40. The van der Waals surface area contributed by atoms with Gasteiger partial charge in [-0.15, -0.1) is 0 Å². The lowest BCUT2D eigenvalue weighted by molar-refractivity contribution is 0.222. The van der Waals surface area contributed by atoms with Crippen LogP contribution in [0.4, 0.5) is 0 Å². The van der Waals surface area contributed by atoms with Gasteiger partial charge in [-0.3, -0.25) is 0 Å². The van der Waals surface area contributed by atoms with Gasteiger partial charge in [0.1, 0.15) is 0 Å². The van der Waals surface area contributed by atoms with Crippen molar-refractivity contribution in [2.24, 2.45) is 17.8 Å². The maximum absolute atomic E-state index is 11.7. The van der Waals surface area contributed by atoms with Crippen molar-refractivity contribution in [3.05, 3.63) is 0 Å². The molecule has 1 saturated heterocycles. The average Bonchev–Trinajstić information content (AvgIpc) is 2.38. The number of rotatable bonds is 9. The molecule has 1 aliphatic heterocycles. The summed E-state index contributed by atoms with van der Waals surface area (Å²) >= 11 is 0. The topological polar surface area (TPSA) is 49.4 Å². The van der Waals surface area contributed by atoms with Gasteiger partial charge in [-0.05, 0) is 56.5 Å². The summed E-state index contributed by atoms with van der Waals surface area (Å²) < 4.78 is 25.1. The molecule has 1 rings (SSSR count). The third kappa shape index (κ3) is 7.61. The summed E-state index contributed by atoms with van der Waals surface area (Å²) in [6, 6.07) is 0. The summed E-state index contributed by atoms with van der Waals surface area (Å²) in [5, 5.41) is 3.57. The molecule has 21 heavy (non-hydrogen) atoms. The summed E-state index contributed by atoms with van der Waals surface area (Å²) in [5.41, 5.74) is 0. The van der Waals surface area contributed by atoms with E-state index in [0.29, 0.717) is 24.3 Å². The molecule has 5 heteroatoms. The Morgan fingerprint density at radius 2 is 2.00 bits per heavy atom. The minimum atomic E-state index is -3.02. The van der Waals surface area contributed by atoms with E-state index in [1.54, 1.807) is 4.31 Å². The van der Waals surface area contributed by atoms with Crippen LogP contribution in [0.1, 0.15) is 52.9 Å². The molecular formula is C16H34N2O2S. The normalized spacial score (nSPS) is 22.6. The van der Waals surface area contributed by atoms with E-state index in [0.717, 1.165) is 32.5 Å². The predicted octanol–water partition coefficient (Wildman–Crippen LogP) is 2.71. The SMILES string of the molecule is CCCC(CNCC(C)C)CC1CCCN(S(C)(=O)=O)C1. The molecule has 0 bridgehead atoms. The largest absolute Gasteiger partial charge is 0.316 e. The van der Waals surface area contributed by atoms with Gasteiger partial charge in [0.2, 0.25) is 10.0 Å². The second-order valence-electron chi connectivity index (χ2n) is 7.07. The van der Waals surface area contributed by atoms with Crippen molar-refractivity contribution in [2.45, 2.75) is 52.9 Å². The van der Waals surface area contributed by atoms with Gasteiger partial charge in [0.15, 0.2) is 0 Å². The summed E-state index contributed by atoms with van der Waals surface area (Å²) in [4.78, 5) is 0. The fourth-order valence-electron chi connectivity index (χ4n) is 3.28. The monoisotopic (exact) mass is 318 g/mol. The van der Waals surface area contributed by atoms with Crippen LogP contribution in [0.15, 0.2) is 0 Å². The molecular weight excluding hydrogens is 284 g/mol. The van der Waals surface area contributed by atoms with Crippen LogP contribution in [0.3, 0.4) is 0 Å². The van der Waals surface area contributed by atoms with Crippen LogP contribution in [0.2, 0.25) is 0 Å². The maximum atomic E-state index is 11.7. The first kappa shape index (κ1) is 18.9. The molecule has 0 spiro atoms. The first-order valence-corrected chi connectivity index (χ1v) is 10.3. The molecule has 1 N–H and O–H groups in total. The lowest BCUT2D eigenvalue weighted by atomic mass is 9.86. The van der Waals surface area contributed by atoms with Crippen molar-refractivity contribution in [3.8, 4) is 0 Å². The highest BCUT2D eigenvalue weighted by Gasteiger charge is 2.27. The molecule has 0 radical (unpaired) electrons. The van der Waals surface area contributed by atoms with Crippen LogP contribution in [0.25, 0.3) is 0 Å². The van der Waals surface area contributed by atoms with Crippen molar-refractivity contribution in [1.82, 2.24) is 9.62 Å². The van der Waals surface area contributed by atoms with E-state index in [4.69, 9.17) is 0 Å². The Morgan fingerprint density at radius 3 is 2.57 bits per heavy atom. The van der Waals surface area contributed by atoms with Gasteiger partial charge in [-0.25, -0.2) is 12.7 Å². The van der Waals surface area contributed by atoms with E-state index in [9.17, 15) is 8.42 Å². The van der Waals surface area contributed by atoms with Gasteiger partial charge in [-0.1, -0.05) is 27.2 Å². The molecule has 4 nitrogen and oxygen atoms in total. The summed E-state index contributed by atoms with van der Waals surface area (Å²) in [5.74, 6) is 1.90. The fourth-order valence-corrected chi connectivity index (χ4v) is 4.22. The standard InChI is InChI=1S/C16H34N2O2S/c1-5-7-15(12-17-11-14(2)3)10-16-8-6-9-18(13-16)21(4,19)20/h14-17H,5-13H2,1-4H3. The van der Waals surface area contributed by atoms with Crippen LogP contribution in [-0.4, -0.2) is 45.2 Å². The van der Waals surface area contributed by atoms with E-state index in [1.165, 1.54) is 25.5 Å². The Hall–Kier alpha value is -0.130. The number of nitrogens with one attached hydrogen (secondary N) is 1. The van der Waals surface area contributed by atoms with Crippen LogP contribution >= 0.6 is 0 Å². The molecule has 0 aromatic heterocycles. The van der Waals surface area contributed by atoms with Crippen LogP contribution < -0.4 is 5.32 Å². The lowest BCUT2D eigenvalue weighted by Gasteiger charge is -2.33. The van der Waals surface area contributed by atoms with Gasteiger partial charge < -0.3 is 5.32 Å². The van der Waals surface area contributed by atoms with Crippen LogP contribution in [0.5, 0.6) is 0 Å². The Balaban J connectivity index is 2.46. The molecule has 126 valence electrons. The Kier molecular flexibility index (Phi) is 8.21. The quantitative estimate of drug-likeness (QED) is 0.711. The molecule has 0 aliphatic carbocycles. The third-order valence-electron chi connectivity index (χ3n) is 4.30. The van der Waals surface area contributed by atoms with Crippen molar-refractivity contribution in [2.75, 3.05) is 32.4 Å². The molecule has 2 atom stereocenters. The van der Waals surface area contributed by atoms with E-state index >= 15 is 0 Å². The second-order valence-corrected chi connectivity index (χ2v) is 9.05. The fraction of sp³-hybridized carbons (Fsp3) is 1.00. The Morgan fingerprint density at radius 1 is 1.29 bits per heavy atom. The number of hydrogen-bond donors (Lipinski definition) is 1. The first-order chi connectivity index (χ1) is 9.82. The maximum Gasteiger partial charge on any atom is 0.211 e. The highest BCUT2D eigenvalue weighted by molar-refractivity contribution is 7.88. The van der Waals surface area contributed by atoms with Crippen molar-refractivity contribution in [1.29, 1.82) is 0 Å². The van der Waals surface area contributed by atoms with E-state index in [2.05, 4.69) is 26.1 Å². The summed E-state index contributed by atoms with van der Waals surface area (Å²) in [6.07, 6.45) is 7.12. The van der Waals surface area contributed by atoms with Gasteiger partial charge in [-0.2, -0.15) is 0 Å². The molecule has 0 aromatic rings. The van der Waals surface area contributed by atoms with Gasteiger partial charge in [0.05, 0.1) is 6.26 Å². The molecule has 1 heterocycles. The number of nitrogens with zero attached hydrogens (tertiary/aromatic N) is 1. The molecule has 0 aromatic carbocycles. The van der Waals surface area contributed by atoms with Crippen molar-refractivity contribution >= 4 is 10.0 Å². The average molecular weight is 319 g/mol. The molecule has 0 saturated carbocycles. The van der Waals surface area contributed by atoms with Gasteiger partial charge in [0, 0.05) is 13.1 Å². The van der Waals surface area contributed by atoms with E-state index < -0.39 is 10.0 Å². The number of piperidine rings is 1. The predicted molar refractivity (Wildman–Crippen MR) is 89.9 cm³/mol. The number of sulfonamides is 1. The Labute approximate surface area is 131 Å². The second kappa shape index (κ2) is 9.11. The van der Waals surface area contributed by atoms with Crippen LogP contribution in [0, 0.1) is 17.8 Å². The highest BCUT2D eigenvalue weighted by atomic mass is 32.2. The van der Waals surface area contributed by atoms with E-state index in [-0.39, 0.29) is 0 Å². The zero-order valence-electron chi connectivity index (χ0n) is 14.3. The highest BCUT2D eigenvalue weighted by Crippen LogP contribution is 2.26. The minimum Gasteiger partial charge on any atom is -0.316 e. The summed E-state index contributed by atoms with van der Waals surface area (Å²) in [7, 11) is -3.02. The van der Waals surface area contributed by atoms with Gasteiger partial charge >= 0.3 is 0 Å². The Bertz CT molecular complexity index is 382. The number of hydrogen-bond acceptors (Lipinski definition) is 3. The van der Waals surface area contributed by atoms with Crippen molar-refractivity contribution in [3.63, 3.8) is 0 Å². The molecule has 1 fully saturated rings. The minimum absolute atomic E-state index is 0.533. The third-order valence-corrected chi connectivity index (χ3v) is 5.57. The molecule has 2 unspecified atom stereocenters. The summed E-state index contributed by atoms with van der Waals surface area (Å²) in [6.45, 7) is 10.3. The zero-order chi connectivity index (χ0) is 15.9. The first-order valence-electron chi connectivity index (χ1n) is 8.48. The smallest absolute Gasteiger partial charge is 0.211 e. The van der Waals surface area contributed by atoms with E-state index in [1.807, 2.05) is 0 Å². The molecule has 0 amide bonds. The zero-order valence-corrected chi connectivity index (χ0v) is 15.1. The van der Waals surface area contributed by atoms with Gasteiger partial charge in [0.25, 0.3) is 0 Å². The van der Waals surface area contributed by atoms with Crippen molar-refractivity contribution < 1.29 is 8.42 Å². The van der Waals surface area contributed by atoms with Crippen LogP contribution in [-0.2, 0) is 10.0 Å². The molecule has 1 aliphatic rings.